The minimum Gasteiger partial charge on any atom is -0.442 e. The smallest absolute Gasteiger partial charge is 0.429 e. The number of nitrogens with zero attached hydrogens (tertiary/aromatic N) is 7. The van der Waals surface area contributed by atoms with Gasteiger partial charge in [-0.05, 0) is 39.3 Å². The van der Waals surface area contributed by atoms with Gasteiger partial charge in [0.25, 0.3) is 0 Å². The number of carbonyl (C=O) groups is 1. The summed E-state index contributed by atoms with van der Waals surface area (Å²) in [5.74, 6) is -1.01. The predicted molar refractivity (Wildman–Crippen MR) is 129 cm³/mol. The minimum atomic E-state index is -0.705. The Balaban J connectivity index is 1.51. The third-order valence-electron chi connectivity index (χ3n) is 5.59. The molecule has 0 unspecified atom stereocenters. The molecule has 3 aromatic heterocycles. The molecular formula is C25H25F2N7O3. The molecule has 10 nitrogen and oxygen atoms in total. The van der Waals surface area contributed by atoms with Crippen LogP contribution < -0.4 is 5.01 Å². The lowest BCUT2D eigenvalue weighted by Gasteiger charge is -2.31. The Morgan fingerprint density at radius 2 is 1.92 bits per heavy atom. The van der Waals surface area contributed by atoms with Crippen molar-refractivity contribution in [3.05, 3.63) is 66.1 Å². The predicted octanol–water partition coefficient (Wildman–Crippen LogP) is 4.68. The fourth-order valence-electron chi connectivity index (χ4n) is 3.98. The zero-order valence-electron chi connectivity index (χ0n) is 20.6. The molecule has 1 aromatic carbocycles. The molecule has 12 heteroatoms. The number of hydrogen-bond acceptors (Lipinski definition) is 8. The molecule has 0 aliphatic carbocycles. The Bertz CT molecular complexity index is 1420. The van der Waals surface area contributed by atoms with Crippen molar-refractivity contribution in [1.29, 1.82) is 0 Å². The molecule has 0 radical (unpaired) electrons. The largest absolute Gasteiger partial charge is 0.442 e. The molecule has 0 bridgehead atoms. The fraction of sp³-hybridized carbons (Fsp3) is 0.320. The summed E-state index contributed by atoms with van der Waals surface area (Å²) in [4.78, 5) is 21.3. The highest BCUT2D eigenvalue weighted by molar-refractivity contribution is 5.71. The van der Waals surface area contributed by atoms with Gasteiger partial charge < -0.3 is 9.26 Å². The number of carbonyl (C=O) groups excluding carboxylic acids is 1. The van der Waals surface area contributed by atoms with Gasteiger partial charge in [0.05, 0.1) is 18.4 Å². The normalized spacial score (nSPS) is 13.9. The van der Waals surface area contributed by atoms with Gasteiger partial charge in [0.2, 0.25) is 0 Å². The maximum atomic E-state index is 14.9. The Morgan fingerprint density at radius 1 is 1.11 bits per heavy atom. The topological polar surface area (TPSA) is 102 Å². The van der Waals surface area contributed by atoms with E-state index in [0.29, 0.717) is 42.2 Å². The van der Waals surface area contributed by atoms with Gasteiger partial charge >= 0.3 is 6.09 Å². The number of hydrogen-bond donors (Lipinski definition) is 0. The molecule has 1 fully saturated rings. The van der Waals surface area contributed by atoms with Crippen LogP contribution in [0.3, 0.4) is 0 Å². The highest BCUT2D eigenvalue weighted by Crippen LogP contribution is 2.29. The number of aromatic nitrogens is 5. The SMILES string of the molecule is CC(C)(C)OC(=O)N1CCCN1c1nc(-c2cc(-c3ccon3)n(Cc3ccccc3F)n2)ncc1F. The summed E-state index contributed by atoms with van der Waals surface area (Å²) in [6.45, 7) is 6.14. The van der Waals surface area contributed by atoms with Crippen LogP contribution in [-0.2, 0) is 11.3 Å². The number of rotatable bonds is 5. The summed E-state index contributed by atoms with van der Waals surface area (Å²) in [7, 11) is 0. The van der Waals surface area contributed by atoms with Crippen molar-refractivity contribution in [2.75, 3.05) is 18.1 Å². The van der Waals surface area contributed by atoms with Crippen LogP contribution in [0.15, 0.2) is 53.4 Å². The second-order valence-corrected chi connectivity index (χ2v) is 9.49. The summed E-state index contributed by atoms with van der Waals surface area (Å²) in [5.41, 5.74) is 1.06. The summed E-state index contributed by atoms with van der Waals surface area (Å²) in [6, 6.07) is 9.70. The van der Waals surface area contributed by atoms with Gasteiger partial charge in [-0.2, -0.15) is 5.10 Å². The maximum Gasteiger partial charge on any atom is 0.429 e. The Morgan fingerprint density at radius 3 is 2.65 bits per heavy atom. The Kier molecular flexibility index (Phi) is 6.32. The molecule has 5 rings (SSSR count). The number of anilines is 1. The van der Waals surface area contributed by atoms with Crippen LogP contribution in [0.2, 0.25) is 0 Å². The van der Waals surface area contributed by atoms with Crippen molar-refractivity contribution in [2.45, 2.75) is 39.3 Å². The van der Waals surface area contributed by atoms with E-state index in [2.05, 4.69) is 20.2 Å². The molecular weight excluding hydrogens is 484 g/mol. The molecule has 192 valence electrons. The highest BCUT2D eigenvalue weighted by Gasteiger charge is 2.33. The first-order valence-corrected chi connectivity index (χ1v) is 11.7. The van der Waals surface area contributed by atoms with Crippen molar-refractivity contribution in [3.8, 4) is 22.9 Å². The number of hydrazine groups is 1. The average molecular weight is 510 g/mol. The van der Waals surface area contributed by atoms with Gasteiger partial charge in [-0.3, -0.25) is 9.69 Å². The van der Waals surface area contributed by atoms with Crippen LogP contribution in [0.1, 0.15) is 32.8 Å². The van der Waals surface area contributed by atoms with Gasteiger partial charge in [0.15, 0.2) is 17.5 Å². The zero-order chi connectivity index (χ0) is 26.2. The molecule has 37 heavy (non-hydrogen) atoms. The Hall–Kier alpha value is -4.35. The standard InChI is InChI=1S/C25H25F2N7O3/c1-25(2,3)37-24(35)34-11-6-10-33(34)23-18(27)14-28-22(29-23)20-13-21(19-9-12-36-31-19)32(30-20)15-16-7-4-5-8-17(16)26/h4-5,7-9,12-14H,6,10-11,15H2,1-3H3. The molecule has 4 aromatic rings. The van der Waals surface area contributed by atoms with E-state index in [1.54, 1.807) is 55.8 Å². The number of amides is 1. The van der Waals surface area contributed by atoms with Gasteiger partial charge in [0.1, 0.15) is 29.1 Å². The molecule has 1 aliphatic heterocycles. The van der Waals surface area contributed by atoms with E-state index in [4.69, 9.17) is 9.26 Å². The van der Waals surface area contributed by atoms with E-state index in [1.165, 1.54) is 22.3 Å². The lowest BCUT2D eigenvalue weighted by Crippen LogP contribution is -2.45. The van der Waals surface area contributed by atoms with Gasteiger partial charge in [-0.1, -0.05) is 23.4 Å². The monoisotopic (exact) mass is 509 g/mol. The van der Waals surface area contributed by atoms with E-state index < -0.39 is 17.5 Å². The Labute approximate surface area is 211 Å². The first-order valence-electron chi connectivity index (χ1n) is 11.7. The van der Waals surface area contributed by atoms with E-state index in [1.807, 2.05) is 0 Å². The number of halogens is 2. The average Bonchev–Trinajstić information content (AvgIpc) is 3.61. The van der Waals surface area contributed by atoms with Gasteiger partial charge in [-0.25, -0.2) is 28.6 Å². The quantitative estimate of drug-likeness (QED) is 0.382. The second-order valence-electron chi connectivity index (χ2n) is 9.49. The first kappa shape index (κ1) is 24.3. The van der Waals surface area contributed by atoms with Crippen LogP contribution in [0, 0.1) is 11.6 Å². The van der Waals surface area contributed by atoms with Crippen LogP contribution in [0.5, 0.6) is 0 Å². The molecule has 1 saturated heterocycles. The summed E-state index contributed by atoms with van der Waals surface area (Å²) >= 11 is 0. The minimum absolute atomic E-state index is 0.0694. The van der Waals surface area contributed by atoms with E-state index in [-0.39, 0.29) is 24.0 Å². The summed E-state index contributed by atoms with van der Waals surface area (Å²) < 4.78 is 41.3. The number of ether oxygens (including phenoxy) is 1. The van der Waals surface area contributed by atoms with E-state index >= 15 is 0 Å². The second kappa shape index (κ2) is 9.60. The molecule has 1 amide bonds. The molecule has 0 N–H and O–H groups in total. The molecule has 0 spiro atoms. The van der Waals surface area contributed by atoms with Crippen LogP contribution in [-0.4, -0.2) is 54.7 Å². The lowest BCUT2D eigenvalue weighted by atomic mass is 10.2. The highest BCUT2D eigenvalue weighted by atomic mass is 19.1. The molecule has 0 saturated carbocycles. The fourth-order valence-corrected chi connectivity index (χ4v) is 3.98. The molecule has 1 aliphatic rings. The summed E-state index contributed by atoms with van der Waals surface area (Å²) in [6.07, 6.45) is 2.48. The van der Waals surface area contributed by atoms with Crippen LogP contribution in [0.25, 0.3) is 22.9 Å². The summed E-state index contributed by atoms with van der Waals surface area (Å²) in [5, 5.41) is 11.3. The maximum absolute atomic E-state index is 14.9. The van der Waals surface area contributed by atoms with Crippen molar-refractivity contribution in [2.24, 2.45) is 0 Å². The van der Waals surface area contributed by atoms with Crippen molar-refractivity contribution < 1.29 is 22.8 Å². The number of benzene rings is 1. The lowest BCUT2D eigenvalue weighted by molar-refractivity contribution is 0.0271. The van der Waals surface area contributed by atoms with Gasteiger partial charge in [0, 0.05) is 24.7 Å². The third-order valence-corrected chi connectivity index (χ3v) is 5.59. The van der Waals surface area contributed by atoms with Crippen molar-refractivity contribution >= 4 is 11.9 Å². The van der Waals surface area contributed by atoms with Gasteiger partial charge in [-0.15, -0.1) is 0 Å². The molecule has 4 heterocycles. The van der Waals surface area contributed by atoms with Crippen molar-refractivity contribution in [3.63, 3.8) is 0 Å². The van der Waals surface area contributed by atoms with Crippen LogP contribution >= 0.6 is 0 Å². The third kappa shape index (κ3) is 5.13. The van der Waals surface area contributed by atoms with E-state index in [0.717, 1.165) is 6.20 Å². The molecule has 0 atom stereocenters. The van der Waals surface area contributed by atoms with Crippen LogP contribution in [0.4, 0.5) is 19.4 Å². The van der Waals surface area contributed by atoms with E-state index in [9.17, 15) is 13.6 Å². The first-order chi connectivity index (χ1) is 17.7. The zero-order valence-corrected chi connectivity index (χ0v) is 20.6. The van der Waals surface area contributed by atoms with Crippen molar-refractivity contribution in [1.82, 2.24) is 29.9 Å².